The third kappa shape index (κ3) is 2.31. The lowest BCUT2D eigenvalue weighted by Crippen LogP contribution is -2.41. The van der Waals surface area contributed by atoms with Gasteiger partial charge in [-0.2, -0.15) is 5.10 Å². The van der Waals surface area contributed by atoms with Crippen molar-refractivity contribution in [3.8, 4) is 0 Å². The summed E-state index contributed by atoms with van der Waals surface area (Å²) in [5.41, 5.74) is 0.703. The predicted molar refractivity (Wildman–Crippen MR) is 79.9 cm³/mol. The Labute approximate surface area is 122 Å². The van der Waals surface area contributed by atoms with Crippen LogP contribution in [0.1, 0.15) is 53.9 Å². The molecule has 3 rings (SSSR count). The highest BCUT2D eigenvalue weighted by molar-refractivity contribution is 6.61. The highest BCUT2D eigenvalue weighted by atomic mass is 16.7. The molecule has 110 valence electrons. The Bertz CT molecular complexity index is 490. The molecule has 0 unspecified atom stereocenters. The van der Waals surface area contributed by atoms with Crippen molar-refractivity contribution >= 4 is 12.7 Å². The fourth-order valence-corrected chi connectivity index (χ4v) is 2.88. The van der Waals surface area contributed by atoms with Gasteiger partial charge >= 0.3 is 7.12 Å². The molecule has 4 nitrogen and oxygen atoms in total. The first-order chi connectivity index (χ1) is 9.21. The highest BCUT2D eigenvalue weighted by Crippen LogP contribution is 2.41. The van der Waals surface area contributed by atoms with Crippen molar-refractivity contribution in [2.45, 2.75) is 71.6 Å². The zero-order valence-electron chi connectivity index (χ0n) is 13.3. The summed E-state index contributed by atoms with van der Waals surface area (Å²) in [6.45, 7) is 11.6. The second-order valence-electron chi connectivity index (χ2n) is 7.69. The fraction of sp³-hybridized carbons (Fsp3) is 0.800. The van der Waals surface area contributed by atoms with Crippen LogP contribution in [0, 0.1) is 5.41 Å². The molecule has 1 aliphatic carbocycles. The molecule has 1 saturated heterocycles. The molecular formula is C15H25BN2O2. The van der Waals surface area contributed by atoms with Gasteiger partial charge in [0.1, 0.15) is 0 Å². The minimum atomic E-state index is -0.351. The number of hydrogen-bond acceptors (Lipinski definition) is 3. The van der Waals surface area contributed by atoms with E-state index in [1.54, 1.807) is 0 Å². The van der Waals surface area contributed by atoms with Gasteiger partial charge in [-0.1, -0.05) is 13.3 Å². The first kappa shape index (κ1) is 14.1. The van der Waals surface area contributed by atoms with Gasteiger partial charge in [-0.05, 0) is 52.0 Å². The molecule has 2 fully saturated rings. The lowest BCUT2D eigenvalue weighted by molar-refractivity contribution is 0.00578. The molecular weight excluding hydrogens is 251 g/mol. The predicted octanol–water partition coefficient (Wildman–Crippen LogP) is 2.37. The van der Waals surface area contributed by atoms with Crippen LogP contribution in [0.3, 0.4) is 0 Å². The van der Waals surface area contributed by atoms with E-state index in [-0.39, 0.29) is 18.3 Å². The van der Waals surface area contributed by atoms with Gasteiger partial charge in [0.05, 0.1) is 16.8 Å². The molecule has 0 N–H and O–H groups in total. The van der Waals surface area contributed by atoms with E-state index in [1.807, 2.05) is 16.9 Å². The summed E-state index contributed by atoms with van der Waals surface area (Å²) in [7, 11) is -0.351. The van der Waals surface area contributed by atoms with Crippen LogP contribution in [0.2, 0.25) is 0 Å². The minimum Gasteiger partial charge on any atom is -0.398 e. The Morgan fingerprint density at radius 2 is 1.75 bits per heavy atom. The Morgan fingerprint density at radius 1 is 1.15 bits per heavy atom. The van der Waals surface area contributed by atoms with Crippen molar-refractivity contribution in [2.24, 2.45) is 5.41 Å². The molecule has 0 spiro atoms. The number of nitrogens with zero attached hydrogens (tertiary/aromatic N) is 2. The zero-order chi connectivity index (χ0) is 14.6. The summed E-state index contributed by atoms with van der Waals surface area (Å²) in [4.78, 5) is 0. The summed E-state index contributed by atoms with van der Waals surface area (Å²) in [6.07, 6.45) is 6.00. The standard InChI is InChI=1S/C15H25BN2O2/c1-13(2)14(3,4)20-16(19-13)12-7-10-18(17-12)11-15(5)8-6-9-15/h7,10H,6,8-9,11H2,1-5H3. The third-order valence-electron chi connectivity index (χ3n) is 5.26. The van der Waals surface area contributed by atoms with Crippen LogP contribution in [0.25, 0.3) is 0 Å². The summed E-state index contributed by atoms with van der Waals surface area (Å²) in [6, 6.07) is 2.02. The topological polar surface area (TPSA) is 36.3 Å². The van der Waals surface area contributed by atoms with Gasteiger partial charge in [-0.3, -0.25) is 4.68 Å². The quantitative estimate of drug-likeness (QED) is 0.795. The molecule has 0 bridgehead atoms. The molecule has 1 aliphatic heterocycles. The molecule has 1 aromatic rings. The van der Waals surface area contributed by atoms with Gasteiger partial charge in [-0.25, -0.2) is 0 Å². The lowest BCUT2D eigenvalue weighted by Gasteiger charge is -2.38. The van der Waals surface area contributed by atoms with Crippen molar-refractivity contribution in [3.63, 3.8) is 0 Å². The van der Waals surface area contributed by atoms with Crippen LogP contribution in [-0.2, 0) is 15.9 Å². The molecule has 0 radical (unpaired) electrons. The van der Waals surface area contributed by atoms with Crippen LogP contribution in [0.15, 0.2) is 12.3 Å². The Hall–Kier alpha value is -0.805. The van der Waals surface area contributed by atoms with E-state index >= 15 is 0 Å². The maximum atomic E-state index is 6.04. The van der Waals surface area contributed by atoms with Crippen molar-refractivity contribution in [1.29, 1.82) is 0 Å². The van der Waals surface area contributed by atoms with Crippen LogP contribution in [0.4, 0.5) is 0 Å². The van der Waals surface area contributed by atoms with Crippen molar-refractivity contribution in [2.75, 3.05) is 0 Å². The summed E-state index contributed by atoms with van der Waals surface area (Å²) in [5, 5.41) is 4.66. The van der Waals surface area contributed by atoms with E-state index in [2.05, 4.69) is 39.7 Å². The van der Waals surface area contributed by atoms with Crippen LogP contribution >= 0.6 is 0 Å². The first-order valence-corrected chi connectivity index (χ1v) is 7.60. The van der Waals surface area contributed by atoms with Crippen LogP contribution in [-0.4, -0.2) is 28.1 Å². The molecule has 0 atom stereocenters. The molecule has 1 saturated carbocycles. The molecule has 5 heteroatoms. The van der Waals surface area contributed by atoms with Gasteiger partial charge in [-0.15, -0.1) is 0 Å². The van der Waals surface area contributed by atoms with E-state index in [1.165, 1.54) is 19.3 Å². The second-order valence-corrected chi connectivity index (χ2v) is 7.69. The SMILES string of the molecule is CC1(Cn2ccc(B3OC(C)(C)C(C)(C)O3)n2)CCC1. The summed E-state index contributed by atoms with van der Waals surface area (Å²) >= 11 is 0. The first-order valence-electron chi connectivity index (χ1n) is 7.60. The molecule has 20 heavy (non-hydrogen) atoms. The van der Waals surface area contributed by atoms with Gasteiger partial charge in [0.25, 0.3) is 0 Å². The lowest BCUT2D eigenvalue weighted by atomic mass is 9.70. The van der Waals surface area contributed by atoms with Crippen molar-refractivity contribution in [1.82, 2.24) is 9.78 Å². The number of hydrogen-bond donors (Lipinski definition) is 0. The average molecular weight is 276 g/mol. The van der Waals surface area contributed by atoms with Gasteiger partial charge in [0.15, 0.2) is 0 Å². The fourth-order valence-electron chi connectivity index (χ4n) is 2.88. The van der Waals surface area contributed by atoms with Gasteiger partial charge in [0, 0.05) is 12.7 Å². The largest absolute Gasteiger partial charge is 0.516 e. The second kappa shape index (κ2) is 4.34. The van der Waals surface area contributed by atoms with E-state index in [4.69, 9.17) is 9.31 Å². The monoisotopic (exact) mass is 276 g/mol. The summed E-state index contributed by atoms with van der Waals surface area (Å²) < 4.78 is 14.1. The molecule has 2 heterocycles. The normalized spacial score (nSPS) is 26.6. The maximum absolute atomic E-state index is 6.04. The third-order valence-corrected chi connectivity index (χ3v) is 5.26. The molecule has 2 aliphatic rings. The zero-order valence-corrected chi connectivity index (χ0v) is 13.3. The van der Waals surface area contributed by atoms with E-state index in [0.29, 0.717) is 5.41 Å². The number of aromatic nitrogens is 2. The van der Waals surface area contributed by atoms with E-state index in [9.17, 15) is 0 Å². The Kier molecular flexibility index (Phi) is 3.07. The minimum absolute atomic E-state index is 0.304. The van der Waals surface area contributed by atoms with E-state index in [0.717, 1.165) is 12.1 Å². The van der Waals surface area contributed by atoms with Crippen molar-refractivity contribution < 1.29 is 9.31 Å². The molecule has 1 aromatic heterocycles. The smallest absolute Gasteiger partial charge is 0.398 e. The molecule has 0 amide bonds. The van der Waals surface area contributed by atoms with Crippen LogP contribution < -0.4 is 5.59 Å². The number of rotatable bonds is 3. The van der Waals surface area contributed by atoms with Crippen LogP contribution in [0.5, 0.6) is 0 Å². The Morgan fingerprint density at radius 3 is 2.25 bits per heavy atom. The highest BCUT2D eigenvalue weighted by Gasteiger charge is 2.52. The maximum Gasteiger partial charge on any atom is 0.516 e. The van der Waals surface area contributed by atoms with Gasteiger partial charge in [0.2, 0.25) is 0 Å². The van der Waals surface area contributed by atoms with E-state index < -0.39 is 0 Å². The van der Waals surface area contributed by atoms with Crippen molar-refractivity contribution in [3.05, 3.63) is 12.3 Å². The summed E-state index contributed by atoms with van der Waals surface area (Å²) in [5.74, 6) is 0. The molecule has 0 aromatic carbocycles. The van der Waals surface area contributed by atoms with Gasteiger partial charge < -0.3 is 9.31 Å². The average Bonchev–Trinajstić information content (AvgIpc) is 2.80. The Balaban J connectivity index is 1.72.